The van der Waals surface area contributed by atoms with Gasteiger partial charge in [-0.15, -0.1) is 34.0 Å². The minimum atomic E-state index is -1.08. The number of rotatable bonds is 4. The molecular formula is C16H8F4S3. The van der Waals surface area contributed by atoms with Gasteiger partial charge in [0.05, 0.1) is 19.5 Å². The third-order valence-electron chi connectivity index (χ3n) is 2.90. The van der Waals surface area contributed by atoms with Gasteiger partial charge in [-0.05, 0) is 35.0 Å². The molecule has 0 aliphatic heterocycles. The van der Waals surface area contributed by atoms with Crippen molar-refractivity contribution >= 4 is 57.3 Å². The van der Waals surface area contributed by atoms with Gasteiger partial charge in [-0.25, -0.2) is 17.6 Å². The fraction of sp³-hybridized carbons (Fsp3) is 0. The molecule has 0 fully saturated rings. The summed E-state index contributed by atoms with van der Waals surface area (Å²) < 4.78 is 56.2. The molecule has 3 heterocycles. The first-order valence-corrected chi connectivity index (χ1v) is 8.94. The smallest absolute Gasteiger partial charge is 0.177 e. The van der Waals surface area contributed by atoms with Crippen LogP contribution in [0.2, 0.25) is 0 Å². The lowest BCUT2D eigenvalue weighted by Gasteiger charge is -1.97. The van der Waals surface area contributed by atoms with Gasteiger partial charge in [0.2, 0.25) is 0 Å². The molecule has 0 atom stereocenters. The zero-order valence-electron chi connectivity index (χ0n) is 11.4. The minimum Gasteiger partial charge on any atom is -0.202 e. The van der Waals surface area contributed by atoms with E-state index in [0.717, 1.165) is 22.7 Å². The molecule has 0 spiro atoms. The lowest BCUT2D eigenvalue weighted by atomic mass is 10.3. The highest BCUT2D eigenvalue weighted by atomic mass is 32.1. The summed E-state index contributed by atoms with van der Waals surface area (Å²) in [4.78, 5) is 0.136. The monoisotopic (exact) mass is 372 g/mol. The highest BCUT2D eigenvalue weighted by Crippen LogP contribution is 2.39. The lowest BCUT2D eigenvalue weighted by Crippen LogP contribution is -1.77. The summed E-state index contributed by atoms with van der Waals surface area (Å²) in [5.74, 6) is -4.16. The minimum absolute atomic E-state index is 0.0833. The Morgan fingerprint density at radius 3 is 1.30 bits per heavy atom. The number of hydrogen-bond acceptors (Lipinski definition) is 3. The van der Waals surface area contributed by atoms with Gasteiger partial charge in [0.1, 0.15) is 0 Å². The maximum Gasteiger partial charge on any atom is 0.177 e. The van der Waals surface area contributed by atoms with Crippen LogP contribution in [0.4, 0.5) is 17.6 Å². The van der Waals surface area contributed by atoms with Gasteiger partial charge in [0.25, 0.3) is 0 Å². The Bertz CT molecular complexity index is 784. The zero-order valence-corrected chi connectivity index (χ0v) is 13.8. The van der Waals surface area contributed by atoms with Crippen molar-refractivity contribution in [3.63, 3.8) is 0 Å². The van der Waals surface area contributed by atoms with E-state index in [2.05, 4.69) is 0 Å². The Hall–Kier alpha value is -1.70. The van der Waals surface area contributed by atoms with E-state index in [0.29, 0.717) is 11.3 Å². The Labute approximate surface area is 141 Å². The molecule has 0 aliphatic rings. The molecule has 3 aromatic heterocycles. The predicted molar refractivity (Wildman–Crippen MR) is 91.0 cm³/mol. The summed E-state index contributed by atoms with van der Waals surface area (Å²) in [5.41, 5.74) is 0. The molecule has 0 aromatic carbocycles. The molecule has 0 unspecified atom stereocenters. The first-order valence-electron chi connectivity index (χ1n) is 6.37. The highest BCUT2D eigenvalue weighted by molar-refractivity contribution is 7.14. The quantitative estimate of drug-likeness (QED) is 0.419. The zero-order chi connectivity index (χ0) is 16.4. The molecule has 3 rings (SSSR count). The summed E-state index contributed by atoms with van der Waals surface area (Å²) in [7, 11) is 0. The average Bonchev–Trinajstić information content (AvgIpc) is 3.33. The van der Waals surface area contributed by atoms with E-state index in [-0.39, 0.29) is 19.5 Å². The maximum atomic E-state index is 14.1. The van der Waals surface area contributed by atoms with E-state index in [9.17, 15) is 17.6 Å². The topological polar surface area (TPSA) is 0 Å². The third-order valence-corrected chi connectivity index (χ3v) is 5.69. The first kappa shape index (κ1) is 16.2. The van der Waals surface area contributed by atoms with Crippen LogP contribution >= 0.6 is 34.0 Å². The normalized spacial score (nSPS) is 13.7. The molecule has 0 saturated carbocycles. The highest BCUT2D eigenvalue weighted by Gasteiger charge is 2.18. The van der Waals surface area contributed by atoms with Crippen LogP contribution < -0.4 is 0 Å². The molecule has 0 aliphatic carbocycles. The molecule has 0 bridgehead atoms. The van der Waals surface area contributed by atoms with Gasteiger partial charge < -0.3 is 0 Å². The van der Waals surface area contributed by atoms with Crippen LogP contribution in [0.25, 0.3) is 23.3 Å². The van der Waals surface area contributed by atoms with E-state index in [4.69, 9.17) is 0 Å². The summed E-state index contributed by atoms with van der Waals surface area (Å²) in [6, 6.07) is 8.58. The molecule has 118 valence electrons. The number of hydrogen-bond donors (Lipinski definition) is 0. The van der Waals surface area contributed by atoms with Gasteiger partial charge in [0.15, 0.2) is 23.3 Å². The van der Waals surface area contributed by atoms with Crippen molar-refractivity contribution < 1.29 is 17.6 Å². The number of halogens is 4. The Balaban J connectivity index is 1.95. The van der Waals surface area contributed by atoms with Crippen molar-refractivity contribution in [1.82, 2.24) is 0 Å². The molecule has 0 saturated heterocycles. The van der Waals surface area contributed by atoms with Crippen LogP contribution in [0, 0.1) is 0 Å². The van der Waals surface area contributed by atoms with Crippen molar-refractivity contribution in [3.05, 3.63) is 66.7 Å². The van der Waals surface area contributed by atoms with Crippen LogP contribution in [0.15, 0.2) is 47.2 Å². The van der Waals surface area contributed by atoms with Crippen LogP contribution in [-0.2, 0) is 0 Å². The van der Waals surface area contributed by atoms with E-state index >= 15 is 0 Å². The molecule has 0 radical (unpaired) electrons. The predicted octanol–water partition coefficient (Wildman–Crippen LogP) is 7.40. The SMILES string of the molecule is FC(=C(F)c1ccc(C(F)=C(F)c2cccs2)s1)c1cccs1. The second-order valence-electron chi connectivity index (χ2n) is 4.37. The molecule has 0 amide bonds. The van der Waals surface area contributed by atoms with E-state index < -0.39 is 23.3 Å². The molecule has 0 nitrogen and oxygen atoms in total. The summed E-state index contributed by atoms with van der Waals surface area (Å²) >= 11 is 2.78. The number of thiophene rings is 3. The average molecular weight is 372 g/mol. The largest absolute Gasteiger partial charge is 0.202 e. The van der Waals surface area contributed by atoms with Crippen molar-refractivity contribution in [2.24, 2.45) is 0 Å². The molecule has 23 heavy (non-hydrogen) atoms. The van der Waals surface area contributed by atoms with E-state index in [1.807, 2.05) is 0 Å². The van der Waals surface area contributed by atoms with E-state index in [1.54, 1.807) is 22.9 Å². The summed E-state index contributed by atoms with van der Waals surface area (Å²) in [6.07, 6.45) is 0. The van der Waals surface area contributed by atoms with Gasteiger partial charge in [0, 0.05) is 0 Å². The van der Waals surface area contributed by atoms with Crippen LogP contribution in [0.3, 0.4) is 0 Å². The standard InChI is InChI=1S/C16H8F4S3/c17-13(9-3-1-7-21-9)15(19)11-5-6-12(23-11)16(20)14(18)10-4-2-8-22-10/h1-8H. The van der Waals surface area contributed by atoms with Crippen molar-refractivity contribution in [2.45, 2.75) is 0 Å². The van der Waals surface area contributed by atoms with Gasteiger partial charge in [-0.2, -0.15) is 0 Å². The summed E-state index contributed by atoms with van der Waals surface area (Å²) in [5, 5.41) is 3.25. The van der Waals surface area contributed by atoms with E-state index in [1.165, 1.54) is 24.3 Å². The van der Waals surface area contributed by atoms with Crippen LogP contribution in [0.1, 0.15) is 19.5 Å². The summed E-state index contributed by atoms with van der Waals surface area (Å²) in [6.45, 7) is 0. The van der Waals surface area contributed by atoms with Gasteiger partial charge >= 0.3 is 0 Å². The Kier molecular flexibility index (Phi) is 4.79. The van der Waals surface area contributed by atoms with Gasteiger partial charge in [-0.1, -0.05) is 12.1 Å². The second kappa shape index (κ2) is 6.82. The molecule has 7 heteroatoms. The maximum absolute atomic E-state index is 14.1. The van der Waals surface area contributed by atoms with Crippen LogP contribution in [-0.4, -0.2) is 0 Å². The van der Waals surface area contributed by atoms with Crippen molar-refractivity contribution in [1.29, 1.82) is 0 Å². The molecule has 0 N–H and O–H groups in total. The van der Waals surface area contributed by atoms with Crippen LogP contribution in [0.5, 0.6) is 0 Å². The Morgan fingerprint density at radius 2 is 0.957 bits per heavy atom. The fourth-order valence-electron chi connectivity index (χ4n) is 1.81. The fourth-order valence-corrected chi connectivity index (χ4v) is 3.99. The molecule has 3 aromatic rings. The van der Waals surface area contributed by atoms with Crippen molar-refractivity contribution in [3.8, 4) is 0 Å². The van der Waals surface area contributed by atoms with Gasteiger partial charge in [-0.3, -0.25) is 0 Å². The lowest BCUT2D eigenvalue weighted by molar-refractivity contribution is 0.704. The first-order chi connectivity index (χ1) is 11.1. The van der Waals surface area contributed by atoms with Crippen molar-refractivity contribution in [2.75, 3.05) is 0 Å². The molecular weight excluding hydrogens is 364 g/mol. The second-order valence-corrected chi connectivity index (χ2v) is 7.35. The third kappa shape index (κ3) is 3.31. The Morgan fingerprint density at radius 1 is 0.565 bits per heavy atom.